The van der Waals surface area contributed by atoms with Crippen molar-refractivity contribution in [2.45, 2.75) is 52.2 Å². The Labute approximate surface area is 124 Å². The van der Waals surface area contributed by atoms with Crippen molar-refractivity contribution < 1.29 is 9.53 Å². The molecule has 1 aromatic rings. The smallest absolute Gasteiger partial charge is 0.245 e. The monoisotopic (exact) mass is 292 g/mol. The molecule has 3 atom stereocenters. The van der Waals surface area contributed by atoms with Crippen LogP contribution in [0.1, 0.15) is 38.1 Å². The van der Waals surface area contributed by atoms with Crippen LogP contribution >= 0.6 is 0 Å². The first-order chi connectivity index (χ1) is 9.80. The van der Waals surface area contributed by atoms with Gasteiger partial charge in [0.2, 0.25) is 5.91 Å². The molecular weight excluding hydrogens is 268 g/mol. The molecule has 0 aromatic carbocycles. The fourth-order valence-corrected chi connectivity index (χ4v) is 3.99. The quantitative estimate of drug-likeness (QED) is 0.770. The molecule has 1 saturated carbocycles. The molecular formula is C15H24N4O2. The minimum absolute atomic E-state index is 0.0774. The molecule has 1 aromatic heterocycles. The number of aryl methyl sites for hydroxylation is 2. The zero-order valence-corrected chi connectivity index (χ0v) is 13.1. The Kier molecular flexibility index (Phi) is 3.15. The largest absolute Gasteiger partial charge is 0.377 e. The van der Waals surface area contributed by atoms with E-state index < -0.39 is 5.54 Å². The van der Waals surface area contributed by atoms with Crippen LogP contribution < -0.4 is 11.1 Å². The van der Waals surface area contributed by atoms with Crippen LogP contribution in [0.5, 0.6) is 0 Å². The highest BCUT2D eigenvalue weighted by molar-refractivity contribution is 6.01. The number of amides is 1. The van der Waals surface area contributed by atoms with Crippen LogP contribution in [-0.2, 0) is 9.53 Å². The van der Waals surface area contributed by atoms with E-state index in [0.717, 1.165) is 36.5 Å². The molecule has 4 N–H and O–H groups in total. The number of carbonyl (C=O) groups is 1. The normalized spacial score (nSPS) is 34.0. The van der Waals surface area contributed by atoms with Gasteiger partial charge in [0.05, 0.1) is 23.2 Å². The van der Waals surface area contributed by atoms with E-state index in [2.05, 4.69) is 15.5 Å². The number of fused-ring (bicyclic) bond motifs is 1. The Bertz CT molecular complexity index is 561. The molecule has 1 saturated heterocycles. The number of hydrogen-bond donors (Lipinski definition) is 3. The minimum atomic E-state index is -0.895. The van der Waals surface area contributed by atoms with Crippen molar-refractivity contribution in [3.63, 3.8) is 0 Å². The number of carbonyl (C=O) groups excluding carboxylic acids is 1. The third-order valence-corrected chi connectivity index (χ3v) is 5.43. The van der Waals surface area contributed by atoms with Gasteiger partial charge in [-0.3, -0.25) is 9.89 Å². The van der Waals surface area contributed by atoms with Crippen LogP contribution in [0.25, 0.3) is 0 Å². The van der Waals surface area contributed by atoms with E-state index in [0.29, 0.717) is 0 Å². The van der Waals surface area contributed by atoms with Crippen LogP contribution in [0.2, 0.25) is 0 Å². The molecule has 21 heavy (non-hydrogen) atoms. The van der Waals surface area contributed by atoms with Gasteiger partial charge in [-0.25, -0.2) is 0 Å². The lowest BCUT2D eigenvalue weighted by Gasteiger charge is -2.65. The van der Waals surface area contributed by atoms with Gasteiger partial charge >= 0.3 is 0 Å². The molecule has 2 fully saturated rings. The SMILES string of the molecule is Cc1n[nH]c(C)c1NC(=O)C1(N)C2CCCOC2C1(C)C. The molecule has 6 heteroatoms. The number of ether oxygens (including phenoxy) is 1. The number of anilines is 1. The number of aromatic nitrogens is 2. The summed E-state index contributed by atoms with van der Waals surface area (Å²) in [6, 6.07) is 0. The summed E-state index contributed by atoms with van der Waals surface area (Å²) >= 11 is 0. The lowest BCUT2D eigenvalue weighted by atomic mass is 9.46. The standard InChI is InChI=1S/C15H24N4O2/c1-8-11(9(2)19-18-8)17-13(20)15(16)10-6-5-7-21-12(10)14(15,3)4/h10,12H,5-7,16H2,1-4H3,(H,17,20)(H,18,19). The first kappa shape index (κ1) is 14.5. The van der Waals surface area contributed by atoms with Gasteiger partial charge in [-0.05, 0) is 26.7 Å². The maximum atomic E-state index is 12.9. The number of rotatable bonds is 2. The van der Waals surface area contributed by atoms with Crippen molar-refractivity contribution in [1.29, 1.82) is 0 Å². The molecule has 3 rings (SSSR count). The van der Waals surface area contributed by atoms with Gasteiger partial charge in [-0.15, -0.1) is 0 Å². The van der Waals surface area contributed by atoms with Crippen LogP contribution in [0.3, 0.4) is 0 Å². The van der Waals surface area contributed by atoms with Crippen LogP contribution in [0.4, 0.5) is 5.69 Å². The Hall–Kier alpha value is -1.40. The second-order valence-electron chi connectivity index (χ2n) is 6.89. The zero-order valence-electron chi connectivity index (χ0n) is 13.1. The number of H-pyrrole nitrogens is 1. The molecule has 1 amide bonds. The maximum absolute atomic E-state index is 12.9. The molecule has 0 bridgehead atoms. The van der Waals surface area contributed by atoms with Crippen LogP contribution in [0.15, 0.2) is 0 Å². The topological polar surface area (TPSA) is 93.0 Å². The van der Waals surface area contributed by atoms with Gasteiger partial charge in [0, 0.05) is 17.9 Å². The van der Waals surface area contributed by atoms with E-state index >= 15 is 0 Å². The number of hydrogen-bond acceptors (Lipinski definition) is 4. The zero-order chi connectivity index (χ0) is 15.4. The van der Waals surface area contributed by atoms with E-state index in [1.165, 1.54) is 0 Å². The summed E-state index contributed by atoms with van der Waals surface area (Å²) in [5.41, 5.74) is 7.67. The molecule has 0 spiro atoms. The fraction of sp³-hybridized carbons (Fsp3) is 0.733. The Morgan fingerprint density at radius 3 is 2.81 bits per heavy atom. The van der Waals surface area contributed by atoms with Gasteiger partial charge < -0.3 is 15.8 Å². The van der Waals surface area contributed by atoms with Gasteiger partial charge in [0.15, 0.2) is 0 Å². The second kappa shape index (κ2) is 4.55. The van der Waals surface area contributed by atoms with E-state index in [1.807, 2.05) is 27.7 Å². The molecule has 2 aliphatic rings. The molecule has 2 heterocycles. The van der Waals surface area contributed by atoms with Crippen molar-refractivity contribution in [2.75, 3.05) is 11.9 Å². The first-order valence-electron chi connectivity index (χ1n) is 7.53. The molecule has 116 valence electrons. The Morgan fingerprint density at radius 1 is 1.48 bits per heavy atom. The molecule has 0 radical (unpaired) electrons. The number of nitrogens with one attached hydrogen (secondary N) is 2. The van der Waals surface area contributed by atoms with Crippen LogP contribution in [-0.4, -0.2) is 34.4 Å². The summed E-state index contributed by atoms with van der Waals surface area (Å²) in [6.07, 6.45) is 1.99. The molecule has 6 nitrogen and oxygen atoms in total. The van der Waals surface area contributed by atoms with E-state index in [1.54, 1.807) is 0 Å². The van der Waals surface area contributed by atoms with E-state index in [9.17, 15) is 4.79 Å². The van der Waals surface area contributed by atoms with Crippen molar-refractivity contribution in [3.8, 4) is 0 Å². The number of nitrogens with two attached hydrogens (primary N) is 1. The average Bonchev–Trinajstić information content (AvgIpc) is 2.78. The lowest BCUT2D eigenvalue weighted by Crippen LogP contribution is -2.81. The van der Waals surface area contributed by atoms with Crippen LogP contribution in [0, 0.1) is 25.2 Å². The average molecular weight is 292 g/mol. The molecule has 1 aliphatic heterocycles. The van der Waals surface area contributed by atoms with Crippen molar-refractivity contribution in [1.82, 2.24) is 10.2 Å². The van der Waals surface area contributed by atoms with Crippen molar-refractivity contribution >= 4 is 11.6 Å². The minimum Gasteiger partial charge on any atom is -0.377 e. The summed E-state index contributed by atoms with van der Waals surface area (Å²) in [6.45, 7) is 8.56. The Balaban J connectivity index is 1.86. The number of aromatic amines is 1. The summed E-state index contributed by atoms with van der Waals surface area (Å²) in [4.78, 5) is 12.9. The Morgan fingerprint density at radius 2 is 2.19 bits per heavy atom. The summed E-state index contributed by atoms with van der Waals surface area (Å²) in [5, 5.41) is 9.96. The first-order valence-corrected chi connectivity index (χ1v) is 7.53. The highest BCUT2D eigenvalue weighted by Gasteiger charge is 2.70. The predicted octanol–water partition coefficient (Wildman–Crippen LogP) is 1.50. The van der Waals surface area contributed by atoms with Gasteiger partial charge in [-0.2, -0.15) is 5.10 Å². The van der Waals surface area contributed by atoms with Crippen molar-refractivity contribution in [2.24, 2.45) is 17.1 Å². The third-order valence-electron chi connectivity index (χ3n) is 5.43. The van der Waals surface area contributed by atoms with Gasteiger partial charge in [0.25, 0.3) is 0 Å². The summed E-state index contributed by atoms with van der Waals surface area (Å²) in [7, 11) is 0. The van der Waals surface area contributed by atoms with Crippen molar-refractivity contribution in [3.05, 3.63) is 11.4 Å². The highest BCUT2D eigenvalue weighted by Crippen LogP contribution is 2.57. The van der Waals surface area contributed by atoms with Gasteiger partial charge in [-0.1, -0.05) is 13.8 Å². The maximum Gasteiger partial charge on any atom is 0.245 e. The summed E-state index contributed by atoms with van der Waals surface area (Å²) < 4.78 is 5.84. The predicted molar refractivity (Wildman–Crippen MR) is 79.9 cm³/mol. The van der Waals surface area contributed by atoms with Gasteiger partial charge in [0.1, 0.15) is 5.54 Å². The van der Waals surface area contributed by atoms with E-state index in [-0.39, 0.29) is 23.3 Å². The molecule has 3 unspecified atom stereocenters. The second-order valence-corrected chi connectivity index (χ2v) is 6.89. The molecule has 1 aliphatic carbocycles. The lowest BCUT2D eigenvalue weighted by molar-refractivity contribution is -0.222. The third kappa shape index (κ3) is 1.78. The van der Waals surface area contributed by atoms with E-state index in [4.69, 9.17) is 10.5 Å². The number of nitrogens with zero attached hydrogens (tertiary/aromatic N) is 1. The fourth-order valence-electron chi connectivity index (χ4n) is 3.99. The summed E-state index contributed by atoms with van der Waals surface area (Å²) in [5.74, 6) is -0.0411. The highest BCUT2D eigenvalue weighted by atomic mass is 16.5.